The average Bonchev–Trinajstić information content (AvgIpc) is 3.25. The van der Waals surface area contributed by atoms with E-state index in [1.54, 1.807) is 0 Å². The normalized spacial score (nSPS) is 22.9. The summed E-state index contributed by atoms with van der Waals surface area (Å²) in [6, 6.07) is -1.30. The Balaban J connectivity index is 2.43. The van der Waals surface area contributed by atoms with Gasteiger partial charge in [-0.2, -0.15) is 0 Å². The third-order valence-electron chi connectivity index (χ3n) is 12.8. The average molecular weight is 910 g/mol. The molecule has 0 bridgehead atoms. The Morgan fingerprint density at radius 1 is 0.500 bits per heavy atom. The number of phosphoric acid groups is 1. The number of hydrogen-bond donors (Lipinski definition) is 9. The summed E-state index contributed by atoms with van der Waals surface area (Å²) >= 11 is 0. The summed E-state index contributed by atoms with van der Waals surface area (Å²) in [7, 11) is -5.15. The van der Waals surface area contributed by atoms with E-state index in [1.165, 1.54) is 161 Å². The van der Waals surface area contributed by atoms with E-state index in [0.29, 0.717) is 12.8 Å². The number of rotatable bonds is 43. The van der Waals surface area contributed by atoms with Crippen LogP contribution >= 0.6 is 7.82 Å². The molecule has 1 saturated carbocycles. The second-order valence-corrected chi connectivity index (χ2v) is 19.9. The molecule has 10 atom stereocenters. The summed E-state index contributed by atoms with van der Waals surface area (Å²) in [5.41, 5.74) is 0. The highest BCUT2D eigenvalue weighted by Gasteiger charge is 2.51. The van der Waals surface area contributed by atoms with E-state index >= 15 is 0 Å². The molecular formula is C48H96NO12P. The molecule has 14 heteroatoms. The Labute approximate surface area is 377 Å². The van der Waals surface area contributed by atoms with Gasteiger partial charge in [-0.1, -0.05) is 219 Å². The fourth-order valence-corrected chi connectivity index (χ4v) is 9.50. The van der Waals surface area contributed by atoms with Gasteiger partial charge >= 0.3 is 7.82 Å². The molecule has 0 saturated heterocycles. The number of nitrogens with one attached hydrogen (secondary N) is 1. The predicted molar refractivity (Wildman–Crippen MR) is 248 cm³/mol. The zero-order valence-corrected chi connectivity index (χ0v) is 40.2. The first-order valence-electron chi connectivity index (χ1n) is 25.6. The van der Waals surface area contributed by atoms with Crippen LogP contribution in [0, 0.1) is 0 Å². The summed E-state index contributed by atoms with van der Waals surface area (Å²) in [5, 5.41) is 75.0. The van der Waals surface area contributed by atoms with Gasteiger partial charge in [0, 0.05) is 6.42 Å². The summed E-state index contributed by atoms with van der Waals surface area (Å²) in [6.45, 7) is 3.72. The van der Waals surface area contributed by atoms with E-state index in [2.05, 4.69) is 19.2 Å². The molecule has 1 aliphatic rings. The molecule has 0 aromatic heterocycles. The number of carbonyl (C=O) groups is 1. The zero-order valence-electron chi connectivity index (χ0n) is 39.3. The van der Waals surface area contributed by atoms with Crippen LogP contribution in [0.25, 0.3) is 0 Å². The highest BCUT2D eigenvalue weighted by atomic mass is 31.2. The SMILES string of the molecule is CCCCCCCCCCCCCCCCCCCCCCCC(=O)N[C@@H](COP(=O)(O)OC1C(O)C(O)C(O)[C@@H](O)C1O)[C@H](O)[C@H](O)CCCCCCCCCCCCCC. The maximum atomic E-state index is 13.0. The first-order chi connectivity index (χ1) is 29.9. The second-order valence-electron chi connectivity index (χ2n) is 18.5. The van der Waals surface area contributed by atoms with Gasteiger partial charge in [-0.15, -0.1) is 0 Å². The van der Waals surface area contributed by atoms with Crippen LogP contribution < -0.4 is 5.32 Å². The van der Waals surface area contributed by atoms with Crippen LogP contribution in [0.3, 0.4) is 0 Å². The topological polar surface area (TPSA) is 226 Å². The van der Waals surface area contributed by atoms with E-state index in [4.69, 9.17) is 9.05 Å². The van der Waals surface area contributed by atoms with Crippen LogP contribution in [0.5, 0.6) is 0 Å². The Hall–Kier alpha value is -0.700. The van der Waals surface area contributed by atoms with Gasteiger partial charge in [0.2, 0.25) is 5.91 Å². The fourth-order valence-electron chi connectivity index (χ4n) is 8.54. The second kappa shape index (κ2) is 38.4. The van der Waals surface area contributed by atoms with E-state index in [9.17, 15) is 50.0 Å². The molecule has 62 heavy (non-hydrogen) atoms. The Kier molecular flexibility index (Phi) is 36.7. The van der Waals surface area contributed by atoms with Gasteiger partial charge in [0.1, 0.15) is 42.7 Å². The number of amides is 1. The third-order valence-corrected chi connectivity index (χ3v) is 13.7. The van der Waals surface area contributed by atoms with Crippen LogP contribution in [0.15, 0.2) is 0 Å². The standard InChI is InChI=1S/C48H96NO12P/c1-3-5-7-9-11-13-15-17-18-19-20-21-22-23-24-25-27-29-31-33-35-37-41(51)49-39(38-60-62(58,59)61-48-46(56)44(54)43(53)45(55)47(48)57)42(52)40(50)36-34-32-30-28-26-16-14-12-10-8-6-4-2/h39-40,42-48,50,52-57H,3-38H2,1-2H3,(H,49,51)(H,58,59)/t39-,40+,42-,43?,44+,45?,46?,47?,48?/m0/s1. The largest absolute Gasteiger partial charge is 0.472 e. The summed E-state index contributed by atoms with van der Waals surface area (Å²) < 4.78 is 22.9. The maximum absolute atomic E-state index is 13.0. The zero-order chi connectivity index (χ0) is 45.9. The lowest BCUT2D eigenvalue weighted by atomic mass is 9.85. The molecule has 0 aliphatic heterocycles. The summed E-state index contributed by atoms with van der Waals surface area (Å²) in [6.07, 6.45) is 25.7. The lowest BCUT2D eigenvalue weighted by Crippen LogP contribution is -2.64. The molecule has 6 unspecified atom stereocenters. The molecular weight excluding hydrogens is 813 g/mol. The van der Waals surface area contributed by atoms with Crippen molar-refractivity contribution in [1.82, 2.24) is 5.32 Å². The van der Waals surface area contributed by atoms with Crippen LogP contribution in [0.2, 0.25) is 0 Å². The summed E-state index contributed by atoms with van der Waals surface area (Å²) in [5.74, 6) is -0.417. The molecule has 0 aromatic carbocycles. The van der Waals surface area contributed by atoms with Gasteiger partial charge in [-0.3, -0.25) is 13.8 Å². The number of phosphoric ester groups is 1. The van der Waals surface area contributed by atoms with Crippen LogP contribution in [-0.4, -0.2) is 108 Å². The first kappa shape index (κ1) is 59.3. The smallest absolute Gasteiger partial charge is 0.390 e. The number of hydrogen-bond acceptors (Lipinski definition) is 11. The molecule has 0 radical (unpaired) electrons. The van der Waals surface area contributed by atoms with Crippen molar-refractivity contribution in [3.05, 3.63) is 0 Å². The first-order valence-corrected chi connectivity index (χ1v) is 27.1. The van der Waals surface area contributed by atoms with Gasteiger partial charge in [-0.05, 0) is 12.8 Å². The molecule has 1 rings (SSSR count). The molecule has 0 aromatic rings. The lowest BCUT2D eigenvalue weighted by Gasteiger charge is -2.41. The molecule has 370 valence electrons. The van der Waals surface area contributed by atoms with Gasteiger partial charge in [0.15, 0.2) is 0 Å². The van der Waals surface area contributed by atoms with Crippen LogP contribution in [0.1, 0.15) is 239 Å². The van der Waals surface area contributed by atoms with Crippen molar-refractivity contribution in [1.29, 1.82) is 0 Å². The Bertz CT molecular complexity index is 1070. The maximum Gasteiger partial charge on any atom is 0.472 e. The molecule has 9 N–H and O–H groups in total. The van der Waals surface area contributed by atoms with E-state index in [-0.39, 0.29) is 12.8 Å². The monoisotopic (exact) mass is 910 g/mol. The number of aliphatic hydroxyl groups is 7. The van der Waals surface area contributed by atoms with Gasteiger partial charge in [-0.25, -0.2) is 4.57 Å². The van der Waals surface area contributed by atoms with Crippen molar-refractivity contribution >= 4 is 13.7 Å². The van der Waals surface area contributed by atoms with Crippen molar-refractivity contribution in [2.75, 3.05) is 6.61 Å². The lowest BCUT2D eigenvalue weighted by molar-refractivity contribution is -0.220. The Morgan fingerprint density at radius 2 is 0.806 bits per heavy atom. The highest BCUT2D eigenvalue weighted by Crippen LogP contribution is 2.47. The van der Waals surface area contributed by atoms with Crippen molar-refractivity contribution < 1.29 is 59.0 Å². The minimum Gasteiger partial charge on any atom is -0.390 e. The van der Waals surface area contributed by atoms with Gasteiger partial charge in [0.25, 0.3) is 0 Å². The molecule has 1 amide bonds. The number of aliphatic hydroxyl groups excluding tert-OH is 7. The molecule has 1 aliphatic carbocycles. The van der Waals surface area contributed by atoms with Crippen LogP contribution in [-0.2, 0) is 18.4 Å². The minimum atomic E-state index is -5.15. The number of carbonyl (C=O) groups excluding carboxylic acids is 1. The van der Waals surface area contributed by atoms with Crippen molar-refractivity contribution in [3.8, 4) is 0 Å². The van der Waals surface area contributed by atoms with Gasteiger partial charge in [0.05, 0.1) is 18.8 Å². The van der Waals surface area contributed by atoms with E-state index in [0.717, 1.165) is 38.5 Å². The van der Waals surface area contributed by atoms with E-state index < -0.39 is 75.2 Å². The molecule has 13 nitrogen and oxygen atoms in total. The molecule has 0 heterocycles. The van der Waals surface area contributed by atoms with Gasteiger partial charge < -0.3 is 46.0 Å². The predicted octanol–water partition coefficient (Wildman–Crippen LogP) is 9.21. The van der Waals surface area contributed by atoms with Crippen molar-refractivity contribution in [3.63, 3.8) is 0 Å². The number of unbranched alkanes of at least 4 members (excludes halogenated alkanes) is 31. The quantitative estimate of drug-likeness (QED) is 0.0206. The van der Waals surface area contributed by atoms with E-state index in [1.807, 2.05) is 0 Å². The summed E-state index contributed by atoms with van der Waals surface area (Å²) in [4.78, 5) is 23.5. The minimum absolute atomic E-state index is 0.156. The molecule has 0 spiro atoms. The fraction of sp³-hybridized carbons (Fsp3) is 0.979. The molecule has 1 fully saturated rings. The highest BCUT2D eigenvalue weighted by molar-refractivity contribution is 7.47. The third kappa shape index (κ3) is 29.0. The van der Waals surface area contributed by atoms with Crippen molar-refractivity contribution in [2.24, 2.45) is 0 Å². The van der Waals surface area contributed by atoms with Crippen LogP contribution in [0.4, 0.5) is 0 Å². The Morgan fingerprint density at radius 3 is 1.16 bits per heavy atom. The van der Waals surface area contributed by atoms with Crippen molar-refractivity contribution in [2.45, 2.75) is 293 Å².